The molecule has 2 N–H and O–H groups in total. The molecular formula is C20H22FN3O3. The molecule has 6 nitrogen and oxygen atoms in total. The number of benzene rings is 1. The zero-order valence-electron chi connectivity index (χ0n) is 15.2. The molecule has 2 aliphatic rings. The van der Waals surface area contributed by atoms with E-state index in [-0.39, 0.29) is 16.9 Å². The summed E-state index contributed by atoms with van der Waals surface area (Å²) in [4.78, 5) is 29.8. The van der Waals surface area contributed by atoms with Crippen LogP contribution in [0.25, 0.3) is 0 Å². The Hall–Kier alpha value is -2.70. The van der Waals surface area contributed by atoms with Crippen molar-refractivity contribution in [3.05, 3.63) is 57.5 Å². The van der Waals surface area contributed by atoms with Crippen molar-refractivity contribution in [2.45, 2.75) is 57.0 Å². The van der Waals surface area contributed by atoms with E-state index in [1.807, 2.05) is 0 Å². The quantitative estimate of drug-likeness (QED) is 0.869. The summed E-state index contributed by atoms with van der Waals surface area (Å²) in [5, 5.41) is 13.0. The van der Waals surface area contributed by atoms with E-state index >= 15 is 0 Å². The van der Waals surface area contributed by atoms with Gasteiger partial charge in [-0.2, -0.15) is 0 Å². The third kappa shape index (κ3) is 2.91. The van der Waals surface area contributed by atoms with Crippen molar-refractivity contribution in [2.24, 2.45) is 0 Å². The number of halogens is 1. The molecule has 1 aliphatic carbocycles. The number of aromatic nitrogens is 2. The molecule has 0 radical (unpaired) electrons. The number of carbonyl (C=O) groups is 1. The van der Waals surface area contributed by atoms with Crippen LogP contribution in [0.5, 0.6) is 5.75 Å². The minimum Gasteiger partial charge on any atom is -0.501 e. The zero-order valence-corrected chi connectivity index (χ0v) is 15.2. The van der Waals surface area contributed by atoms with Gasteiger partial charge in [0, 0.05) is 12.0 Å². The lowest BCUT2D eigenvalue weighted by Gasteiger charge is -2.45. The summed E-state index contributed by atoms with van der Waals surface area (Å²) in [6, 6.07) is 5.38. The monoisotopic (exact) mass is 371 g/mol. The fourth-order valence-corrected chi connectivity index (χ4v) is 4.18. The number of nitrogens with one attached hydrogen (secondary N) is 1. The van der Waals surface area contributed by atoms with E-state index in [2.05, 4.69) is 10.3 Å². The highest BCUT2D eigenvalue weighted by molar-refractivity contribution is 5.95. The zero-order chi connectivity index (χ0) is 19.2. The molecule has 27 heavy (non-hydrogen) atoms. The van der Waals surface area contributed by atoms with Crippen LogP contribution in [0.3, 0.4) is 0 Å². The van der Waals surface area contributed by atoms with Crippen LogP contribution >= 0.6 is 0 Å². The molecule has 0 bridgehead atoms. The Kier molecular flexibility index (Phi) is 4.25. The minimum atomic E-state index is -0.612. The SMILES string of the molecule is CC(NC(=O)c1nc2n(c(=O)c1O)CCCC21CCC1)c1ccc(F)cc1. The first-order chi connectivity index (χ1) is 12.9. The van der Waals surface area contributed by atoms with Gasteiger partial charge in [-0.3, -0.25) is 14.2 Å². The van der Waals surface area contributed by atoms with E-state index in [1.165, 1.54) is 16.7 Å². The van der Waals surface area contributed by atoms with Crippen molar-refractivity contribution in [3.8, 4) is 5.75 Å². The van der Waals surface area contributed by atoms with Crippen LogP contribution in [0.15, 0.2) is 29.1 Å². The van der Waals surface area contributed by atoms with Gasteiger partial charge in [0.25, 0.3) is 11.5 Å². The Morgan fingerprint density at radius 2 is 1.93 bits per heavy atom. The number of aromatic hydroxyl groups is 1. The summed E-state index contributed by atoms with van der Waals surface area (Å²) < 4.78 is 14.6. The average Bonchev–Trinajstić information content (AvgIpc) is 2.63. The number of rotatable bonds is 3. The third-order valence-electron chi connectivity index (χ3n) is 5.90. The van der Waals surface area contributed by atoms with Crippen LogP contribution in [0.2, 0.25) is 0 Å². The predicted molar refractivity (Wildman–Crippen MR) is 97.2 cm³/mol. The van der Waals surface area contributed by atoms with Gasteiger partial charge in [0.15, 0.2) is 5.69 Å². The highest BCUT2D eigenvalue weighted by Gasteiger charge is 2.45. The Morgan fingerprint density at radius 3 is 2.56 bits per heavy atom. The summed E-state index contributed by atoms with van der Waals surface area (Å²) in [6.07, 6.45) is 4.83. The molecule has 7 heteroatoms. The van der Waals surface area contributed by atoms with Crippen LogP contribution < -0.4 is 10.9 Å². The number of hydrogen-bond donors (Lipinski definition) is 2. The second-order valence-electron chi connectivity index (χ2n) is 7.57. The second-order valence-corrected chi connectivity index (χ2v) is 7.57. The molecule has 1 saturated carbocycles. The van der Waals surface area contributed by atoms with Gasteiger partial charge in [-0.25, -0.2) is 9.37 Å². The van der Waals surface area contributed by atoms with Crippen molar-refractivity contribution in [1.29, 1.82) is 0 Å². The van der Waals surface area contributed by atoms with Crippen LogP contribution in [0.4, 0.5) is 4.39 Å². The lowest BCUT2D eigenvalue weighted by Crippen LogP contribution is -2.46. The highest BCUT2D eigenvalue weighted by Crippen LogP contribution is 2.48. The molecule has 1 atom stereocenters. The number of carbonyl (C=O) groups excluding carboxylic acids is 1. The van der Waals surface area contributed by atoms with Crippen LogP contribution in [0, 0.1) is 5.82 Å². The van der Waals surface area contributed by atoms with E-state index in [1.54, 1.807) is 19.1 Å². The van der Waals surface area contributed by atoms with Crippen molar-refractivity contribution in [1.82, 2.24) is 14.9 Å². The summed E-state index contributed by atoms with van der Waals surface area (Å²) in [5.41, 5.74) is -0.198. The fourth-order valence-electron chi connectivity index (χ4n) is 4.18. The molecule has 142 valence electrons. The van der Waals surface area contributed by atoms with Gasteiger partial charge >= 0.3 is 0 Å². The van der Waals surface area contributed by atoms with Gasteiger partial charge in [0.1, 0.15) is 11.6 Å². The van der Waals surface area contributed by atoms with Gasteiger partial charge in [0.2, 0.25) is 5.75 Å². The van der Waals surface area contributed by atoms with Gasteiger partial charge in [-0.15, -0.1) is 0 Å². The molecule has 4 rings (SSSR count). The summed E-state index contributed by atoms with van der Waals surface area (Å²) in [5.74, 6) is -0.948. The Balaban J connectivity index is 1.66. The van der Waals surface area contributed by atoms with Crippen molar-refractivity contribution >= 4 is 5.91 Å². The summed E-state index contributed by atoms with van der Waals surface area (Å²) in [6.45, 7) is 2.27. The number of fused-ring (bicyclic) bond motifs is 2. The molecule has 1 aromatic carbocycles. The maximum absolute atomic E-state index is 13.1. The van der Waals surface area contributed by atoms with E-state index < -0.39 is 23.3 Å². The summed E-state index contributed by atoms with van der Waals surface area (Å²) >= 11 is 0. The van der Waals surface area contributed by atoms with E-state index in [0.717, 1.165) is 37.7 Å². The van der Waals surface area contributed by atoms with Crippen LogP contribution in [-0.2, 0) is 12.0 Å². The molecular weight excluding hydrogens is 349 g/mol. The number of nitrogens with zero attached hydrogens (tertiary/aromatic N) is 2. The molecule has 1 fully saturated rings. The van der Waals surface area contributed by atoms with Crippen molar-refractivity contribution in [3.63, 3.8) is 0 Å². The molecule has 2 aromatic rings. The first-order valence-electron chi connectivity index (χ1n) is 9.32. The first kappa shape index (κ1) is 17.7. The standard InChI is InChI=1S/C20H22FN3O3/c1-12(13-4-6-14(21)7-5-13)22-17(26)15-16(25)18(27)24-11-3-10-20(8-2-9-20)19(24)23-15/h4-7,12,25H,2-3,8-11H2,1H3,(H,22,26). The third-order valence-corrected chi connectivity index (χ3v) is 5.90. The molecule has 1 unspecified atom stereocenters. The second kappa shape index (κ2) is 6.48. The number of amides is 1. The molecule has 1 aromatic heterocycles. The lowest BCUT2D eigenvalue weighted by atomic mass is 9.64. The smallest absolute Gasteiger partial charge is 0.296 e. The normalized spacial score (nSPS) is 18.4. The lowest BCUT2D eigenvalue weighted by molar-refractivity contribution is 0.0927. The number of hydrogen-bond acceptors (Lipinski definition) is 4. The van der Waals surface area contributed by atoms with Crippen molar-refractivity contribution in [2.75, 3.05) is 0 Å². The Bertz CT molecular complexity index is 948. The van der Waals surface area contributed by atoms with E-state index in [9.17, 15) is 19.1 Å². The molecule has 1 spiro atoms. The van der Waals surface area contributed by atoms with Crippen LogP contribution in [-0.4, -0.2) is 20.6 Å². The van der Waals surface area contributed by atoms with E-state index in [0.29, 0.717) is 12.4 Å². The fraction of sp³-hybridized carbons (Fsp3) is 0.450. The van der Waals surface area contributed by atoms with Gasteiger partial charge < -0.3 is 10.4 Å². The Morgan fingerprint density at radius 1 is 1.26 bits per heavy atom. The van der Waals surface area contributed by atoms with Crippen LogP contribution in [0.1, 0.15) is 66.9 Å². The Labute approximate surface area is 156 Å². The maximum Gasteiger partial charge on any atom is 0.296 e. The highest BCUT2D eigenvalue weighted by atomic mass is 19.1. The van der Waals surface area contributed by atoms with Gasteiger partial charge in [-0.1, -0.05) is 18.6 Å². The van der Waals surface area contributed by atoms with Gasteiger partial charge in [0.05, 0.1) is 6.04 Å². The molecule has 1 aliphatic heterocycles. The predicted octanol–water partition coefficient (Wildman–Crippen LogP) is 2.79. The molecule has 0 saturated heterocycles. The topological polar surface area (TPSA) is 84.2 Å². The minimum absolute atomic E-state index is 0.136. The summed E-state index contributed by atoms with van der Waals surface area (Å²) in [7, 11) is 0. The first-order valence-corrected chi connectivity index (χ1v) is 9.32. The van der Waals surface area contributed by atoms with Crippen molar-refractivity contribution < 1.29 is 14.3 Å². The van der Waals surface area contributed by atoms with Gasteiger partial charge in [-0.05, 0) is 50.3 Å². The molecule has 1 amide bonds. The molecule has 2 heterocycles. The average molecular weight is 371 g/mol. The largest absolute Gasteiger partial charge is 0.501 e. The maximum atomic E-state index is 13.1. The van der Waals surface area contributed by atoms with E-state index in [4.69, 9.17) is 0 Å².